The van der Waals surface area contributed by atoms with Gasteiger partial charge in [0, 0.05) is 49.2 Å². The summed E-state index contributed by atoms with van der Waals surface area (Å²) in [4.78, 5) is 28.0. The van der Waals surface area contributed by atoms with Crippen molar-refractivity contribution in [3.05, 3.63) is 48.8 Å². The van der Waals surface area contributed by atoms with E-state index >= 15 is 0 Å². The van der Waals surface area contributed by atoms with Crippen molar-refractivity contribution in [2.24, 2.45) is 5.92 Å². The fourth-order valence-electron chi connectivity index (χ4n) is 3.53. The lowest BCUT2D eigenvalue weighted by Gasteiger charge is -2.31. The molecule has 31 heavy (non-hydrogen) atoms. The van der Waals surface area contributed by atoms with Crippen molar-refractivity contribution in [3.8, 4) is 17.3 Å². The van der Waals surface area contributed by atoms with E-state index in [-0.39, 0.29) is 11.6 Å². The molecule has 2 aromatic heterocycles. The third kappa shape index (κ3) is 4.76. The van der Waals surface area contributed by atoms with Gasteiger partial charge in [-0.3, -0.25) is 9.36 Å². The monoisotopic (exact) mass is 422 g/mol. The third-order valence-corrected chi connectivity index (χ3v) is 5.43. The maximum Gasteiger partial charge on any atom is 0.275 e. The lowest BCUT2D eigenvalue weighted by atomic mass is 9.99. The minimum absolute atomic E-state index is 0.272. The molecule has 9 nitrogen and oxygen atoms in total. The first-order chi connectivity index (χ1) is 15.1. The van der Waals surface area contributed by atoms with Crippen LogP contribution in [0, 0.1) is 5.92 Å². The average Bonchev–Trinajstić information content (AvgIpc) is 3.30. The van der Waals surface area contributed by atoms with E-state index in [0.717, 1.165) is 37.7 Å². The molecule has 1 aliphatic rings. The molecule has 0 atom stereocenters. The van der Waals surface area contributed by atoms with E-state index < -0.39 is 0 Å². The number of nitrogens with zero attached hydrogens (tertiary/aromatic N) is 5. The van der Waals surface area contributed by atoms with Crippen LogP contribution in [-0.4, -0.2) is 52.7 Å². The van der Waals surface area contributed by atoms with Gasteiger partial charge >= 0.3 is 0 Å². The van der Waals surface area contributed by atoms with Gasteiger partial charge in [-0.25, -0.2) is 15.0 Å². The van der Waals surface area contributed by atoms with Crippen molar-refractivity contribution in [1.82, 2.24) is 19.5 Å². The van der Waals surface area contributed by atoms with Crippen LogP contribution in [0.2, 0.25) is 0 Å². The van der Waals surface area contributed by atoms with Gasteiger partial charge in [-0.1, -0.05) is 6.92 Å². The molecular weight excluding hydrogens is 396 g/mol. The SMILES string of the molecule is COc1cc(NC(=O)c2cn(-c3cc(N4CCC(C)CC4)ncn3)cn2)cc(OC)c1. The minimum atomic E-state index is -0.339. The molecule has 9 heteroatoms. The standard InChI is InChI=1S/C22H26N6O3/c1-15-4-6-27(7-5-15)20-11-21(24-13-23-20)28-12-19(25-14-28)22(29)26-16-8-17(30-2)10-18(9-16)31-3/h8-15H,4-7H2,1-3H3,(H,26,29). The topological polar surface area (TPSA) is 94.4 Å². The fourth-order valence-corrected chi connectivity index (χ4v) is 3.53. The molecule has 0 bridgehead atoms. The third-order valence-electron chi connectivity index (χ3n) is 5.43. The summed E-state index contributed by atoms with van der Waals surface area (Å²) in [6.07, 6.45) is 7.08. The Morgan fingerprint density at radius 2 is 1.68 bits per heavy atom. The van der Waals surface area contributed by atoms with Gasteiger partial charge in [0.25, 0.3) is 5.91 Å². The van der Waals surface area contributed by atoms with Crippen LogP contribution in [0.25, 0.3) is 5.82 Å². The van der Waals surface area contributed by atoms with Crippen LogP contribution < -0.4 is 19.7 Å². The number of amides is 1. The van der Waals surface area contributed by atoms with Crippen LogP contribution >= 0.6 is 0 Å². The number of hydrogen-bond donors (Lipinski definition) is 1. The molecule has 1 N–H and O–H groups in total. The van der Waals surface area contributed by atoms with Crippen molar-refractivity contribution in [2.75, 3.05) is 37.5 Å². The van der Waals surface area contributed by atoms with E-state index in [2.05, 4.69) is 32.1 Å². The molecule has 0 unspecified atom stereocenters. The van der Waals surface area contributed by atoms with Gasteiger partial charge in [0.05, 0.1) is 14.2 Å². The molecule has 4 rings (SSSR count). The summed E-state index contributed by atoms with van der Waals surface area (Å²) >= 11 is 0. The van der Waals surface area contributed by atoms with Crippen LogP contribution in [0.1, 0.15) is 30.3 Å². The molecular formula is C22H26N6O3. The number of aromatic nitrogens is 4. The number of nitrogens with one attached hydrogen (secondary N) is 1. The maximum absolute atomic E-state index is 12.7. The minimum Gasteiger partial charge on any atom is -0.497 e. The number of hydrogen-bond acceptors (Lipinski definition) is 7. The molecule has 1 aliphatic heterocycles. The summed E-state index contributed by atoms with van der Waals surface area (Å²) in [5.41, 5.74) is 0.827. The van der Waals surface area contributed by atoms with E-state index in [0.29, 0.717) is 23.0 Å². The number of imidazole rings is 1. The van der Waals surface area contributed by atoms with Gasteiger partial charge in [0.2, 0.25) is 0 Å². The molecule has 0 saturated carbocycles. The Kier molecular flexibility index (Phi) is 6.01. The Morgan fingerprint density at radius 3 is 2.35 bits per heavy atom. The molecule has 0 aliphatic carbocycles. The Labute approximate surface area is 181 Å². The molecule has 3 heterocycles. The van der Waals surface area contributed by atoms with Gasteiger partial charge in [-0.15, -0.1) is 0 Å². The fraction of sp³-hybridized carbons (Fsp3) is 0.364. The van der Waals surface area contributed by atoms with Gasteiger partial charge in [-0.2, -0.15) is 0 Å². The molecule has 0 radical (unpaired) electrons. The normalized spacial score (nSPS) is 14.4. The van der Waals surface area contributed by atoms with Gasteiger partial charge in [0.15, 0.2) is 0 Å². The quantitative estimate of drug-likeness (QED) is 0.652. The van der Waals surface area contributed by atoms with Crippen molar-refractivity contribution >= 4 is 17.4 Å². The Morgan fingerprint density at radius 1 is 1.00 bits per heavy atom. The number of piperidine rings is 1. The second-order valence-electron chi connectivity index (χ2n) is 7.63. The largest absolute Gasteiger partial charge is 0.497 e. The number of rotatable bonds is 6. The van der Waals surface area contributed by atoms with Crippen LogP contribution in [0.15, 0.2) is 43.1 Å². The first-order valence-electron chi connectivity index (χ1n) is 10.2. The molecule has 0 spiro atoms. The summed E-state index contributed by atoms with van der Waals surface area (Å²) < 4.78 is 12.2. The predicted octanol–water partition coefficient (Wildman–Crippen LogP) is 3.17. The number of ether oxygens (including phenoxy) is 2. The zero-order valence-corrected chi connectivity index (χ0v) is 17.9. The first kappa shape index (κ1) is 20.6. The number of anilines is 2. The highest BCUT2D eigenvalue weighted by Crippen LogP contribution is 2.26. The van der Waals surface area contributed by atoms with Gasteiger partial charge < -0.3 is 19.7 Å². The lowest BCUT2D eigenvalue weighted by molar-refractivity contribution is 0.102. The van der Waals surface area contributed by atoms with Crippen LogP contribution in [0.5, 0.6) is 11.5 Å². The van der Waals surface area contributed by atoms with Crippen molar-refractivity contribution < 1.29 is 14.3 Å². The number of carbonyl (C=O) groups is 1. The molecule has 1 fully saturated rings. The van der Waals surface area contributed by atoms with Crippen LogP contribution in [0.3, 0.4) is 0 Å². The van der Waals surface area contributed by atoms with Gasteiger partial charge in [0.1, 0.15) is 41.5 Å². The Bertz CT molecular complexity index is 1040. The zero-order chi connectivity index (χ0) is 21.8. The summed E-state index contributed by atoms with van der Waals surface area (Å²) in [7, 11) is 3.12. The highest BCUT2D eigenvalue weighted by Gasteiger charge is 2.18. The number of methoxy groups -OCH3 is 2. The molecule has 162 valence electrons. The zero-order valence-electron chi connectivity index (χ0n) is 17.9. The molecule has 1 aromatic carbocycles. The second-order valence-corrected chi connectivity index (χ2v) is 7.63. The van der Waals surface area contributed by atoms with Crippen LogP contribution in [0.4, 0.5) is 11.5 Å². The summed E-state index contributed by atoms with van der Waals surface area (Å²) in [6, 6.07) is 7.09. The average molecular weight is 422 g/mol. The van der Waals surface area contributed by atoms with Crippen LogP contribution in [-0.2, 0) is 0 Å². The van der Waals surface area contributed by atoms with E-state index in [1.165, 1.54) is 0 Å². The van der Waals surface area contributed by atoms with Gasteiger partial charge in [-0.05, 0) is 18.8 Å². The summed E-state index contributed by atoms with van der Waals surface area (Å²) in [5, 5.41) is 2.82. The van der Waals surface area contributed by atoms with Crippen molar-refractivity contribution in [1.29, 1.82) is 0 Å². The smallest absolute Gasteiger partial charge is 0.275 e. The van der Waals surface area contributed by atoms with Crippen molar-refractivity contribution in [3.63, 3.8) is 0 Å². The summed E-state index contributed by atoms with van der Waals surface area (Å²) in [6.45, 7) is 4.25. The van der Waals surface area contributed by atoms with E-state index in [1.54, 1.807) is 55.8 Å². The van der Waals surface area contributed by atoms with E-state index in [9.17, 15) is 4.79 Å². The molecule has 1 saturated heterocycles. The number of carbonyl (C=O) groups excluding carboxylic acids is 1. The number of benzene rings is 1. The second kappa shape index (κ2) is 9.03. The predicted molar refractivity (Wildman–Crippen MR) is 117 cm³/mol. The lowest BCUT2D eigenvalue weighted by Crippen LogP contribution is -2.33. The first-order valence-corrected chi connectivity index (χ1v) is 10.2. The maximum atomic E-state index is 12.7. The van der Waals surface area contributed by atoms with E-state index in [4.69, 9.17) is 9.47 Å². The summed E-state index contributed by atoms with van der Waals surface area (Å²) in [5.74, 6) is 3.13. The van der Waals surface area contributed by atoms with E-state index in [1.807, 2.05) is 6.07 Å². The highest BCUT2D eigenvalue weighted by molar-refractivity contribution is 6.03. The Hall–Kier alpha value is -3.62. The Balaban J connectivity index is 1.49. The van der Waals surface area contributed by atoms with Crippen molar-refractivity contribution in [2.45, 2.75) is 19.8 Å². The highest BCUT2D eigenvalue weighted by atomic mass is 16.5. The molecule has 1 amide bonds. The molecule has 3 aromatic rings.